The Morgan fingerprint density at radius 2 is 1.77 bits per heavy atom. The van der Waals surface area contributed by atoms with Crippen LogP contribution in [0.15, 0.2) is 59.5 Å². The van der Waals surface area contributed by atoms with E-state index in [1.807, 2.05) is 12.1 Å². The highest BCUT2D eigenvalue weighted by Crippen LogP contribution is 2.26. The van der Waals surface area contributed by atoms with Gasteiger partial charge in [-0.1, -0.05) is 19.1 Å². The Morgan fingerprint density at radius 1 is 1.00 bits per heavy atom. The van der Waals surface area contributed by atoms with Crippen LogP contribution in [0.4, 0.5) is 20.3 Å². The lowest BCUT2D eigenvalue weighted by molar-refractivity contribution is 0.436. The van der Waals surface area contributed by atoms with Crippen molar-refractivity contribution in [2.45, 2.75) is 24.7 Å². The molecule has 0 atom stereocenters. The highest BCUT2D eigenvalue weighted by atomic mass is 32.2. The lowest BCUT2D eigenvalue weighted by Gasteiger charge is -2.30. The highest BCUT2D eigenvalue weighted by Gasteiger charge is 2.21. The van der Waals surface area contributed by atoms with E-state index in [0.717, 1.165) is 49.8 Å². The first-order chi connectivity index (χ1) is 14.8. The van der Waals surface area contributed by atoms with Crippen molar-refractivity contribution in [1.82, 2.24) is 10.2 Å². The number of hydrogen-bond donors (Lipinski definition) is 1. The average Bonchev–Trinajstić information content (AvgIpc) is 2.76. The first kappa shape index (κ1) is 21.2. The number of benzene rings is 2. The highest BCUT2D eigenvalue weighted by molar-refractivity contribution is 7.92. The molecular formula is C22H22F2N4O2S. The zero-order chi connectivity index (χ0) is 22.0. The lowest BCUT2D eigenvalue weighted by atomic mass is 9.99. The molecule has 0 amide bonds. The van der Waals surface area contributed by atoms with E-state index in [1.54, 1.807) is 18.2 Å². The minimum Gasteiger partial charge on any atom is -0.355 e. The molecule has 6 nitrogen and oxygen atoms in total. The van der Waals surface area contributed by atoms with Crippen molar-refractivity contribution in [2.75, 3.05) is 22.7 Å². The van der Waals surface area contributed by atoms with Crippen LogP contribution in [-0.4, -0.2) is 31.7 Å². The molecule has 0 spiro atoms. The third-order valence-corrected chi connectivity index (χ3v) is 6.75. The van der Waals surface area contributed by atoms with Crippen molar-refractivity contribution in [3.63, 3.8) is 0 Å². The number of rotatable bonds is 5. The Morgan fingerprint density at radius 3 is 2.48 bits per heavy atom. The van der Waals surface area contributed by atoms with E-state index in [-0.39, 0.29) is 5.69 Å². The maximum Gasteiger partial charge on any atom is 0.264 e. The van der Waals surface area contributed by atoms with Crippen LogP contribution >= 0.6 is 0 Å². The molecule has 1 aliphatic rings. The van der Waals surface area contributed by atoms with E-state index in [0.29, 0.717) is 17.3 Å². The van der Waals surface area contributed by atoms with E-state index >= 15 is 0 Å². The Labute approximate surface area is 180 Å². The van der Waals surface area contributed by atoms with Gasteiger partial charge >= 0.3 is 0 Å². The number of aromatic nitrogens is 2. The summed E-state index contributed by atoms with van der Waals surface area (Å²) in [6.45, 7) is 4.14. The molecule has 0 unspecified atom stereocenters. The molecule has 1 fully saturated rings. The number of nitrogens with zero attached hydrogens (tertiary/aromatic N) is 3. The van der Waals surface area contributed by atoms with Crippen LogP contribution in [0.5, 0.6) is 0 Å². The molecule has 0 radical (unpaired) electrons. The number of anilines is 2. The van der Waals surface area contributed by atoms with E-state index in [9.17, 15) is 17.2 Å². The van der Waals surface area contributed by atoms with Crippen LogP contribution in [0.25, 0.3) is 11.3 Å². The molecular weight excluding hydrogens is 422 g/mol. The van der Waals surface area contributed by atoms with Crippen molar-refractivity contribution in [2.24, 2.45) is 5.92 Å². The van der Waals surface area contributed by atoms with Gasteiger partial charge in [0.25, 0.3) is 10.0 Å². The maximum absolute atomic E-state index is 13.9. The van der Waals surface area contributed by atoms with Gasteiger partial charge in [0.1, 0.15) is 16.5 Å². The normalized spacial score (nSPS) is 15.1. The largest absolute Gasteiger partial charge is 0.355 e. The third kappa shape index (κ3) is 4.82. The van der Waals surface area contributed by atoms with Crippen LogP contribution in [0.1, 0.15) is 19.8 Å². The van der Waals surface area contributed by atoms with Gasteiger partial charge in [-0.05, 0) is 61.2 Å². The number of sulfonamides is 1. The maximum atomic E-state index is 13.9. The van der Waals surface area contributed by atoms with Gasteiger partial charge < -0.3 is 4.90 Å². The van der Waals surface area contributed by atoms with E-state index in [2.05, 4.69) is 26.7 Å². The van der Waals surface area contributed by atoms with Crippen LogP contribution in [0, 0.1) is 17.6 Å². The quantitative estimate of drug-likeness (QED) is 0.629. The fraction of sp³-hybridized carbons (Fsp3) is 0.273. The van der Waals surface area contributed by atoms with E-state index in [4.69, 9.17) is 0 Å². The zero-order valence-electron chi connectivity index (χ0n) is 16.9. The minimum atomic E-state index is -4.30. The summed E-state index contributed by atoms with van der Waals surface area (Å²) >= 11 is 0. The number of halogens is 2. The topological polar surface area (TPSA) is 75.2 Å². The van der Waals surface area contributed by atoms with Gasteiger partial charge in [-0.15, -0.1) is 10.2 Å². The summed E-state index contributed by atoms with van der Waals surface area (Å²) in [5.74, 6) is -0.336. The van der Waals surface area contributed by atoms with Gasteiger partial charge in [-0.25, -0.2) is 17.2 Å². The molecule has 4 rings (SSSR count). The standard InChI is InChI=1S/C22H22F2N4O2S/c1-15-9-11-28(12-10-15)22-8-7-20(25-26-22)16-3-2-4-18(13-16)27-31(29,30)21-14-17(23)5-6-19(21)24/h2-8,13-15,27H,9-12H2,1H3. The molecule has 162 valence electrons. The van der Waals surface area contributed by atoms with E-state index < -0.39 is 26.6 Å². The Bertz CT molecular complexity index is 1180. The molecule has 3 aromatic rings. The summed E-state index contributed by atoms with van der Waals surface area (Å²) in [7, 11) is -4.30. The summed E-state index contributed by atoms with van der Waals surface area (Å²) in [5, 5.41) is 8.61. The smallest absolute Gasteiger partial charge is 0.264 e. The average molecular weight is 445 g/mol. The Hall–Kier alpha value is -3.07. The molecule has 2 aromatic carbocycles. The summed E-state index contributed by atoms with van der Waals surface area (Å²) in [6, 6.07) is 12.5. The van der Waals surface area contributed by atoms with Gasteiger partial charge in [-0.3, -0.25) is 4.72 Å². The zero-order valence-corrected chi connectivity index (χ0v) is 17.7. The summed E-state index contributed by atoms with van der Waals surface area (Å²) in [4.78, 5) is 1.45. The van der Waals surface area contributed by atoms with Crippen molar-refractivity contribution in [3.05, 3.63) is 66.2 Å². The summed E-state index contributed by atoms with van der Waals surface area (Å²) in [5.41, 5.74) is 1.43. The summed E-state index contributed by atoms with van der Waals surface area (Å²) in [6.07, 6.45) is 2.25. The molecule has 1 aromatic heterocycles. The van der Waals surface area contributed by atoms with Gasteiger partial charge in [0.2, 0.25) is 0 Å². The Balaban J connectivity index is 1.54. The first-order valence-corrected chi connectivity index (χ1v) is 11.5. The second-order valence-electron chi connectivity index (χ2n) is 7.71. The molecule has 9 heteroatoms. The van der Waals surface area contributed by atoms with Crippen molar-refractivity contribution >= 4 is 21.5 Å². The second kappa shape index (κ2) is 8.58. The number of piperidine rings is 1. The second-order valence-corrected chi connectivity index (χ2v) is 9.36. The molecule has 0 bridgehead atoms. The number of nitrogens with one attached hydrogen (secondary N) is 1. The first-order valence-electron chi connectivity index (χ1n) is 9.99. The molecule has 1 saturated heterocycles. The predicted molar refractivity (Wildman–Crippen MR) is 115 cm³/mol. The van der Waals surface area contributed by atoms with Crippen molar-refractivity contribution < 1.29 is 17.2 Å². The summed E-state index contributed by atoms with van der Waals surface area (Å²) < 4.78 is 54.6. The van der Waals surface area contributed by atoms with Crippen LogP contribution < -0.4 is 9.62 Å². The SMILES string of the molecule is CC1CCN(c2ccc(-c3cccc(NS(=O)(=O)c4cc(F)ccc4F)c3)nn2)CC1. The van der Waals surface area contributed by atoms with Crippen LogP contribution in [-0.2, 0) is 10.0 Å². The minimum absolute atomic E-state index is 0.206. The number of hydrogen-bond acceptors (Lipinski definition) is 5. The predicted octanol–water partition coefficient (Wildman–Crippen LogP) is 4.46. The Kier molecular flexibility index (Phi) is 5.86. The fourth-order valence-electron chi connectivity index (χ4n) is 3.52. The van der Waals surface area contributed by atoms with Crippen molar-refractivity contribution in [3.8, 4) is 11.3 Å². The molecule has 1 aliphatic heterocycles. The lowest BCUT2D eigenvalue weighted by Crippen LogP contribution is -2.33. The monoisotopic (exact) mass is 444 g/mol. The van der Waals surface area contributed by atoms with Crippen molar-refractivity contribution in [1.29, 1.82) is 0 Å². The third-order valence-electron chi connectivity index (χ3n) is 5.35. The fourth-order valence-corrected chi connectivity index (χ4v) is 4.66. The van der Waals surface area contributed by atoms with Gasteiger partial charge in [0, 0.05) is 24.3 Å². The van der Waals surface area contributed by atoms with Gasteiger partial charge in [-0.2, -0.15) is 0 Å². The van der Waals surface area contributed by atoms with Gasteiger partial charge in [0.15, 0.2) is 5.82 Å². The van der Waals surface area contributed by atoms with Gasteiger partial charge in [0.05, 0.1) is 5.69 Å². The van der Waals surface area contributed by atoms with Crippen LogP contribution in [0.2, 0.25) is 0 Å². The molecule has 0 aliphatic carbocycles. The molecule has 31 heavy (non-hydrogen) atoms. The molecule has 2 heterocycles. The van der Waals surface area contributed by atoms with E-state index in [1.165, 1.54) is 6.07 Å². The molecule has 1 N–H and O–H groups in total. The molecule has 0 saturated carbocycles. The van der Waals surface area contributed by atoms with Crippen LogP contribution in [0.3, 0.4) is 0 Å².